The lowest BCUT2D eigenvalue weighted by atomic mass is 10.1. The first-order valence-electron chi connectivity index (χ1n) is 8.06. The molecule has 2 aromatic rings. The molecule has 0 radical (unpaired) electrons. The molecule has 27 heavy (non-hydrogen) atoms. The number of ether oxygens (including phenoxy) is 1. The van der Waals surface area contributed by atoms with Crippen molar-refractivity contribution in [2.24, 2.45) is 0 Å². The molecule has 0 aliphatic heterocycles. The minimum Gasteiger partial charge on any atom is -0.495 e. The minimum absolute atomic E-state index is 0.202. The Morgan fingerprint density at radius 3 is 2.37 bits per heavy atom. The molecule has 9 heteroatoms. The fraction of sp³-hybridized carbons (Fsp3) is 0.278. The topological polar surface area (TPSA) is 75.7 Å². The van der Waals surface area contributed by atoms with Gasteiger partial charge in [0.15, 0.2) is 0 Å². The van der Waals surface area contributed by atoms with Gasteiger partial charge in [0.1, 0.15) is 17.6 Å². The number of nitrogens with zero attached hydrogens (tertiary/aromatic N) is 1. The van der Waals surface area contributed by atoms with Crippen LogP contribution in [0.5, 0.6) is 5.75 Å². The number of methoxy groups -OCH3 is 1. The molecule has 6 nitrogen and oxygen atoms in total. The third kappa shape index (κ3) is 5.11. The highest BCUT2D eigenvalue weighted by Gasteiger charge is 2.31. The summed E-state index contributed by atoms with van der Waals surface area (Å²) in [6.45, 7) is 1.69. The predicted molar refractivity (Wildman–Crippen MR) is 104 cm³/mol. The van der Waals surface area contributed by atoms with Gasteiger partial charge in [-0.1, -0.05) is 18.5 Å². The maximum atomic E-state index is 13.2. The van der Waals surface area contributed by atoms with Crippen molar-refractivity contribution in [2.75, 3.05) is 23.0 Å². The summed E-state index contributed by atoms with van der Waals surface area (Å²) in [7, 11) is -2.32. The molecule has 0 spiro atoms. The number of anilines is 2. The second-order valence-corrected chi connectivity index (χ2v) is 8.06. The van der Waals surface area contributed by atoms with Gasteiger partial charge in [0, 0.05) is 5.69 Å². The van der Waals surface area contributed by atoms with Crippen LogP contribution in [0.15, 0.2) is 42.5 Å². The molecule has 1 amide bonds. The standard InChI is InChI=1S/C18H20ClFN2O4S/c1-4-16(18(23)21-13-7-10-17(26-2)15(19)11-13)22(27(3,24)25)14-8-5-12(20)6-9-14/h5-11,16H,4H2,1-3H3,(H,21,23)/t16-/m1/s1. The van der Waals surface area contributed by atoms with Crippen LogP contribution in [0, 0.1) is 5.82 Å². The number of amides is 1. The minimum atomic E-state index is -3.79. The Bertz CT molecular complexity index is 919. The average molecular weight is 415 g/mol. The van der Waals surface area contributed by atoms with Gasteiger partial charge in [0.2, 0.25) is 15.9 Å². The highest BCUT2D eigenvalue weighted by Crippen LogP contribution is 2.28. The molecule has 0 heterocycles. The molecule has 0 saturated heterocycles. The number of sulfonamides is 1. The van der Waals surface area contributed by atoms with Crippen LogP contribution < -0.4 is 14.4 Å². The van der Waals surface area contributed by atoms with Crippen LogP contribution >= 0.6 is 11.6 Å². The van der Waals surface area contributed by atoms with Gasteiger partial charge >= 0.3 is 0 Å². The zero-order valence-corrected chi connectivity index (χ0v) is 16.6. The SMILES string of the molecule is CC[C@H](C(=O)Nc1ccc(OC)c(Cl)c1)N(c1ccc(F)cc1)S(C)(=O)=O. The van der Waals surface area contributed by atoms with Crippen LogP contribution in [0.2, 0.25) is 5.02 Å². The van der Waals surface area contributed by atoms with Crippen LogP contribution in [0.25, 0.3) is 0 Å². The van der Waals surface area contributed by atoms with Crippen molar-refractivity contribution in [1.29, 1.82) is 0 Å². The number of carbonyl (C=O) groups is 1. The summed E-state index contributed by atoms with van der Waals surface area (Å²) in [6, 6.07) is 8.58. The number of nitrogens with one attached hydrogen (secondary N) is 1. The van der Waals surface area contributed by atoms with E-state index in [-0.39, 0.29) is 12.1 Å². The normalized spacial score (nSPS) is 12.3. The largest absolute Gasteiger partial charge is 0.495 e. The van der Waals surface area contributed by atoms with E-state index in [4.69, 9.17) is 16.3 Å². The molecule has 0 saturated carbocycles. The number of benzene rings is 2. The second-order valence-electron chi connectivity index (χ2n) is 5.80. The molecule has 0 aromatic heterocycles. The van der Waals surface area contributed by atoms with Crippen molar-refractivity contribution in [2.45, 2.75) is 19.4 Å². The number of carbonyl (C=O) groups excluding carboxylic acids is 1. The van der Waals surface area contributed by atoms with Gasteiger partial charge in [-0.05, 0) is 48.9 Å². The van der Waals surface area contributed by atoms with Crippen LogP contribution in [0.4, 0.5) is 15.8 Å². The van der Waals surface area contributed by atoms with Gasteiger partial charge in [0.25, 0.3) is 0 Å². The van der Waals surface area contributed by atoms with E-state index in [2.05, 4.69) is 5.32 Å². The molecule has 1 N–H and O–H groups in total. The van der Waals surface area contributed by atoms with Gasteiger partial charge in [-0.2, -0.15) is 0 Å². The van der Waals surface area contributed by atoms with Crippen molar-refractivity contribution in [1.82, 2.24) is 0 Å². The van der Waals surface area contributed by atoms with E-state index < -0.39 is 27.8 Å². The van der Waals surface area contributed by atoms with Crippen molar-refractivity contribution >= 4 is 38.9 Å². The summed E-state index contributed by atoms with van der Waals surface area (Å²) in [4.78, 5) is 12.8. The van der Waals surface area contributed by atoms with E-state index in [9.17, 15) is 17.6 Å². The number of rotatable bonds is 7. The predicted octanol–water partition coefficient (Wildman–Crippen LogP) is 3.67. The van der Waals surface area contributed by atoms with Crippen molar-refractivity contribution in [3.05, 3.63) is 53.3 Å². The van der Waals surface area contributed by atoms with Crippen LogP contribution in [-0.2, 0) is 14.8 Å². The first-order valence-corrected chi connectivity index (χ1v) is 10.3. The first kappa shape index (κ1) is 21.0. The van der Waals surface area contributed by atoms with Gasteiger partial charge < -0.3 is 10.1 Å². The summed E-state index contributed by atoms with van der Waals surface area (Å²) in [5.41, 5.74) is 0.602. The molecule has 0 bridgehead atoms. The van der Waals surface area contributed by atoms with Gasteiger partial charge in [-0.3, -0.25) is 9.10 Å². The Morgan fingerprint density at radius 2 is 1.89 bits per heavy atom. The second kappa shape index (κ2) is 8.58. The Balaban J connectivity index is 2.34. The third-order valence-electron chi connectivity index (χ3n) is 3.83. The summed E-state index contributed by atoms with van der Waals surface area (Å²) >= 11 is 6.05. The lowest BCUT2D eigenvalue weighted by Crippen LogP contribution is -2.47. The van der Waals surface area contributed by atoms with Crippen molar-refractivity contribution < 1.29 is 22.3 Å². The fourth-order valence-corrected chi connectivity index (χ4v) is 4.09. The lowest BCUT2D eigenvalue weighted by molar-refractivity contribution is -0.117. The van der Waals surface area contributed by atoms with Crippen LogP contribution in [-0.4, -0.2) is 33.7 Å². The molecule has 0 unspecified atom stereocenters. The summed E-state index contributed by atoms with van der Waals surface area (Å²) < 4.78 is 43.9. The van der Waals surface area contributed by atoms with Crippen LogP contribution in [0.3, 0.4) is 0 Å². The Hall–Kier alpha value is -2.32. The molecule has 146 valence electrons. The number of halogens is 2. The van der Waals surface area contributed by atoms with E-state index in [1.807, 2.05) is 0 Å². The van der Waals surface area contributed by atoms with Crippen molar-refractivity contribution in [3.8, 4) is 5.75 Å². The molecular weight excluding hydrogens is 395 g/mol. The van der Waals surface area contributed by atoms with Gasteiger partial charge in [-0.15, -0.1) is 0 Å². The number of hydrogen-bond acceptors (Lipinski definition) is 4. The molecular formula is C18H20ClFN2O4S. The maximum absolute atomic E-state index is 13.2. The first-order chi connectivity index (χ1) is 12.7. The van der Waals surface area contributed by atoms with E-state index in [1.165, 1.54) is 25.3 Å². The summed E-state index contributed by atoms with van der Waals surface area (Å²) in [5, 5.41) is 2.97. The van der Waals surface area contributed by atoms with Crippen molar-refractivity contribution in [3.63, 3.8) is 0 Å². The number of hydrogen-bond donors (Lipinski definition) is 1. The van der Waals surface area contributed by atoms with E-state index >= 15 is 0 Å². The maximum Gasteiger partial charge on any atom is 0.248 e. The van der Waals surface area contributed by atoms with Gasteiger partial charge in [-0.25, -0.2) is 12.8 Å². The Morgan fingerprint density at radius 1 is 1.26 bits per heavy atom. The van der Waals surface area contributed by atoms with Crippen LogP contribution in [0.1, 0.15) is 13.3 Å². The van der Waals surface area contributed by atoms with E-state index in [0.29, 0.717) is 16.5 Å². The van der Waals surface area contributed by atoms with E-state index in [0.717, 1.165) is 22.7 Å². The van der Waals surface area contributed by atoms with E-state index in [1.54, 1.807) is 19.1 Å². The highest BCUT2D eigenvalue weighted by molar-refractivity contribution is 7.92. The summed E-state index contributed by atoms with van der Waals surface area (Å²) in [5.74, 6) is -0.586. The zero-order valence-electron chi connectivity index (χ0n) is 15.1. The Labute approximate surface area is 162 Å². The molecule has 2 rings (SSSR count). The average Bonchev–Trinajstić information content (AvgIpc) is 2.59. The highest BCUT2D eigenvalue weighted by atomic mass is 35.5. The molecule has 0 aliphatic rings. The third-order valence-corrected chi connectivity index (χ3v) is 5.31. The molecule has 2 aromatic carbocycles. The smallest absolute Gasteiger partial charge is 0.248 e. The molecule has 1 atom stereocenters. The van der Waals surface area contributed by atoms with Gasteiger partial charge in [0.05, 0.1) is 24.1 Å². The Kier molecular flexibility index (Phi) is 6.67. The zero-order chi connectivity index (χ0) is 20.2. The molecule has 0 aliphatic carbocycles. The quantitative estimate of drug-likeness (QED) is 0.750. The molecule has 0 fully saturated rings. The lowest BCUT2D eigenvalue weighted by Gasteiger charge is -2.30. The summed E-state index contributed by atoms with van der Waals surface area (Å²) in [6.07, 6.45) is 1.21. The fourth-order valence-electron chi connectivity index (χ4n) is 2.62. The monoisotopic (exact) mass is 414 g/mol.